The SMILES string of the molecule is CCn1nc(C(=O)N2CCCCC2C2OCCO2)c2ccccc2c1=O. The van der Waals surface area contributed by atoms with Crippen LogP contribution < -0.4 is 5.56 Å². The molecule has 26 heavy (non-hydrogen) atoms. The Bertz CT molecular complexity index is 873. The van der Waals surface area contributed by atoms with Gasteiger partial charge >= 0.3 is 0 Å². The third-order valence-corrected chi connectivity index (χ3v) is 5.14. The summed E-state index contributed by atoms with van der Waals surface area (Å²) in [5.74, 6) is -0.160. The highest BCUT2D eigenvalue weighted by molar-refractivity contribution is 6.04. The van der Waals surface area contributed by atoms with E-state index in [9.17, 15) is 9.59 Å². The van der Waals surface area contributed by atoms with Gasteiger partial charge in [-0.25, -0.2) is 4.68 Å². The maximum Gasteiger partial charge on any atom is 0.275 e. The lowest BCUT2D eigenvalue weighted by molar-refractivity contribution is -0.100. The number of likely N-dealkylation sites (tertiary alicyclic amines) is 1. The predicted molar refractivity (Wildman–Crippen MR) is 96.0 cm³/mol. The Hall–Kier alpha value is -2.25. The van der Waals surface area contributed by atoms with E-state index in [2.05, 4.69) is 5.10 Å². The first-order valence-corrected chi connectivity index (χ1v) is 9.24. The number of hydrogen-bond acceptors (Lipinski definition) is 5. The molecule has 138 valence electrons. The molecular formula is C19H23N3O4. The maximum atomic E-state index is 13.4. The van der Waals surface area contributed by atoms with Crippen LogP contribution in [0.4, 0.5) is 0 Å². The molecule has 0 N–H and O–H groups in total. The van der Waals surface area contributed by atoms with Crippen LogP contribution in [0.25, 0.3) is 10.8 Å². The summed E-state index contributed by atoms with van der Waals surface area (Å²) in [5.41, 5.74) is 0.157. The van der Waals surface area contributed by atoms with E-state index in [1.54, 1.807) is 12.1 Å². The molecule has 2 aliphatic rings. The van der Waals surface area contributed by atoms with Crippen LogP contribution in [0.3, 0.4) is 0 Å². The Morgan fingerprint density at radius 2 is 1.92 bits per heavy atom. The summed E-state index contributed by atoms with van der Waals surface area (Å²) in [7, 11) is 0. The van der Waals surface area contributed by atoms with Gasteiger partial charge in [-0.3, -0.25) is 9.59 Å². The van der Waals surface area contributed by atoms with Crippen LogP contribution in [0.15, 0.2) is 29.1 Å². The number of fused-ring (bicyclic) bond motifs is 1. The normalized spacial score (nSPS) is 21.4. The minimum atomic E-state index is -0.373. The van der Waals surface area contributed by atoms with Crippen molar-refractivity contribution < 1.29 is 14.3 Å². The minimum absolute atomic E-state index is 0.110. The van der Waals surface area contributed by atoms with Crippen LogP contribution in [-0.2, 0) is 16.0 Å². The number of carbonyl (C=O) groups is 1. The number of hydrogen-bond donors (Lipinski definition) is 0. The van der Waals surface area contributed by atoms with Crippen LogP contribution >= 0.6 is 0 Å². The second kappa shape index (κ2) is 7.17. The van der Waals surface area contributed by atoms with Gasteiger partial charge < -0.3 is 14.4 Å². The quantitative estimate of drug-likeness (QED) is 0.837. The van der Waals surface area contributed by atoms with E-state index in [1.807, 2.05) is 24.0 Å². The number of rotatable bonds is 3. The number of piperidine rings is 1. The van der Waals surface area contributed by atoms with Crippen molar-refractivity contribution in [2.75, 3.05) is 19.8 Å². The van der Waals surface area contributed by atoms with E-state index in [-0.39, 0.29) is 23.8 Å². The number of aryl methyl sites for hydroxylation is 1. The minimum Gasteiger partial charge on any atom is -0.348 e. The summed E-state index contributed by atoms with van der Waals surface area (Å²) >= 11 is 0. The fourth-order valence-electron chi connectivity index (χ4n) is 3.83. The standard InChI is InChI=1S/C19H23N3O4/c1-2-22-17(23)14-8-4-3-7-13(14)16(20-22)18(24)21-10-6-5-9-15(21)19-25-11-12-26-19/h3-4,7-8,15,19H,2,5-6,9-12H2,1H3. The average molecular weight is 357 g/mol. The van der Waals surface area contributed by atoms with Crippen molar-refractivity contribution in [2.45, 2.75) is 45.1 Å². The second-order valence-electron chi connectivity index (χ2n) is 6.69. The monoisotopic (exact) mass is 357 g/mol. The molecule has 3 heterocycles. The Kier molecular flexibility index (Phi) is 4.74. The van der Waals surface area contributed by atoms with Crippen LogP contribution in [0, 0.1) is 0 Å². The molecule has 7 nitrogen and oxygen atoms in total. The van der Waals surface area contributed by atoms with Crippen LogP contribution in [0.5, 0.6) is 0 Å². The first-order chi connectivity index (χ1) is 12.7. The van der Waals surface area contributed by atoms with Crippen molar-refractivity contribution >= 4 is 16.7 Å². The fourth-order valence-corrected chi connectivity index (χ4v) is 3.83. The maximum absolute atomic E-state index is 13.4. The van der Waals surface area contributed by atoms with Gasteiger partial charge in [0.05, 0.1) is 24.6 Å². The zero-order valence-electron chi connectivity index (χ0n) is 14.9. The molecule has 1 atom stereocenters. The highest BCUT2D eigenvalue weighted by atomic mass is 16.7. The summed E-state index contributed by atoms with van der Waals surface area (Å²) in [5, 5.41) is 5.51. The van der Waals surface area contributed by atoms with Gasteiger partial charge in [0.2, 0.25) is 0 Å². The third-order valence-electron chi connectivity index (χ3n) is 5.14. The molecule has 0 bridgehead atoms. The molecule has 0 radical (unpaired) electrons. The Morgan fingerprint density at radius 3 is 2.65 bits per heavy atom. The van der Waals surface area contributed by atoms with Crippen molar-refractivity contribution in [1.82, 2.24) is 14.7 Å². The average Bonchev–Trinajstić information content (AvgIpc) is 3.23. The Labute approximate surface area is 151 Å². The molecule has 0 saturated carbocycles. The second-order valence-corrected chi connectivity index (χ2v) is 6.69. The molecule has 2 aromatic rings. The van der Waals surface area contributed by atoms with Crippen molar-refractivity contribution in [3.05, 3.63) is 40.3 Å². The predicted octanol–water partition coefficient (Wildman–Crippen LogP) is 1.78. The van der Waals surface area contributed by atoms with Crippen LogP contribution in [0.1, 0.15) is 36.7 Å². The summed E-state index contributed by atoms with van der Waals surface area (Å²) in [6.45, 7) is 4.04. The summed E-state index contributed by atoms with van der Waals surface area (Å²) in [6, 6.07) is 7.06. The van der Waals surface area contributed by atoms with Gasteiger partial charge in [0.25, 0.3) is 11.5 Å². The lowest BCUT2D eigenvalue weighted by Gasteiger charge is -2.37. The van der Waals surface area contributed by atoms with Crippen molar-refractivity contribution in [1.29, 1.82) is 0 Å². The zero-order chi connectivity index (χ0) is 18.1. The van der Waals surface area contributed by atoms with Gasteiger partial charge in [-0.15, -0.1) is 0 Å². The Balaban J connectivity index is 1.77. The molecule has 1 amide bonds. The highest BCUT2D eigenvalue weighted by Crippen LogP contribution is 2.27. The van der Waals surface area contributed by atoms with Crippen molar-refractivity contribution in [2.24, 2.45) is 0 Å². The number of aromatic nitrogens is 2. The van der Waals surface area contributed by atoms with E-state index in [4.69, 9.17) is 9.47 Å². The third kappa shape index (κ3) is 2.91. The molecule has 2 fully saturated rings. The first-order valence-electron chi connectivity index (χ1n) is 9.24. The topological polar surface area (TPSA) is 73.7 Å². The van der Waals surface area contributed by atoms with Crippen LogP contribution in [-0.4, -0.2) is 52.7 Å². The molecule has 2 aliphatic heterocycles. The van der Waals surface area contributed by atoms with Gasteiger partial charge in [0.1, 0.15) is 0 Å². The van der Waals surface area contributed by atoms with E-state index < -0.39 is 0 Å². The lowest BCUT2D eigenvalue weighted by atomic mass is 10.00. The van der Waals surface area contributed by atoms with Gasteiger partial charge in [-0.2, -0.15) is 5.10 Å². The largest absolute Gasteiger partial charge is 0.348 e. The van der Waals surface area contributed by atoms with Crippen molar-refractivity contribution in [3.8, 4) is 0 Å². The number of benzene rings is 1. The number of amides is 1. The summed E-state index contributed by atoms with van der Waals surface area (Å²) in [6.07, 6.45) is 2.46. The molecule has 1 unspecified atom stereocenters. The number of ether oxygens (including phenoxy) is 2. The highest BCUT2D eigenvalue weighted by Gasteiger charge is 2.37. The van der Waals surface area contributed by atoms with Gasteiger partial charge in [-0.1, -0.05) is 18.2 Å². The van der Waals surface area contributed by atoms with Gasteiger partial charge in [0.15, 0.2) is 12.0 Å². The summed E-state index contributed by atoms with van der Waals surface area (Å²) < 4.78 is 12.7. The molecule has 1 aromatic heterocycles. The molecule has 7 heteroatoms. The first kappa shape index (κ1) is 17.2. The van der Waals surface area contributed by atoms with Gasteiger partial charge in [0, 0.05) is 18.5 Å². The number of carbonyl (C=O) groups excluding carboxylic acids is 1. The molecule has 0 spiro atoms. The van der Waals surface area contributed by atoms with E-state index >= 15 is 0 Å². The molecule has 2 saturated heterocycles. The van der Waals surface area contributed by atoms with E-state index in [0.29, 0.717) is 42.8 Å². The fraction of sp³-hybridized carbons (Fsp3) is 0.526. The van der Waals surface area contributed by atoms with Crippen LogP contribution in [0.2, 0.25) is 0 Å². The molecule has 4 rings (SSSR count). The van der Waals surface area contributed by atoms with Crippen molar-refractivity contribution in [3.63, 3.8) is 0 Å². The molecular weight excluding hydrogens is 334 g/mol. The smallest absolute Gasteiger partial charge is 0.275 e. The molecule has 1 aromatic carbocycles. The van der Waals surface area contributed by atoms with E-state index in [0.717, 1.165) is 19.3 Å². The zero-order valence-corrected chi connectivity index (χ0v) is 14.9. The molecule has 0 aliphatic carbocycles. The lowest BCUT2D eigenvalue weighted by Crippen LogP contribution is -2.50. The summed E-state index contributed by atoms with van der Waals surface area (Å²) in [4.78, 5) is 27.7. The Morgan fingerprint density at radius 1 is 1.19 bits per heavy atom. The van der Waals surface area contributed by atoms with E-state index in [1.165, 1.54) is 4.68 Å². The number of nitrogens with zero attached hydrogens (tertiary/aromatic N) is 3. The van der Waals surface area contributed by atoms with Gasteiger partial charge in [-0.05, 0) is 32.3 Å².